The molecule has 1 saturated heterocycles. The molecular formula is C14H18ClNO2. The Hall–Kier alpha value is -1.22. The van der Waals surface area contributed by atoms with Crippen molar-refractivity contribution in [3.63, 3.8) is 0 Å². The van der Waals surface area contributed by atoms with Gasteiger partial charge in [0, 0.05) is 29.9 Å². The lowest BCUT2D eigenvalue weighted by atomic mass is 9.89. The van der Waals surface area contributed by atoms with Crippen molar-refractivity contribution in [3.05, 3.63) is 23.2 Å². The van der Waals surface area contributed by atoms with Gasteiger partial charge in [0.2, 0.25) is 0 Å². The Bertz CT molecular complexity index is 471. The van der Waals surface area contributed by atoms with Gasteiger partial charge in [0.25, 0.3) is 0 Å². The monoisotopic (exact) mass is 267 g/mol. The van der Waals surface area contributed by atoms with Crippen LogP contribution >= 0.6 is 11.6 Å². The molecule has 1 aliphatic heterocycles. The number of ketones is 1. The summed E-state index contributed by atoms with van der Waals surface area (Å²) in [6.07, 6.45) is 1.14. The first-order valence-corrected chi connectivity index (χ1v) is 6.45. The first-order chi connectivity index (χ1) is 8.44. The summed E-state index contributed by atoms with van der Waals surface area (Å²) < 4.78 is 5.39. The molecule has 1 aromatic rings. The molecule has 4 heteroatoms. The molecule has 0 aromatic heterocycles. The van der Waals surface area contributed by atoms with Crippen LogP contribution in [-0.2, 0) is 4.79 Å². The molecule has 0 radical (unpaired) electrons. The largest absolute Gasteiger partial charge is 0.495 e. The van der Waals surface area contributed by atoms with Gasteiger partial charge in [-0.1, -0.05) is 11.6 Å². The summed E-state index contributed by atoms with van der Waals surface area (Å²) in [5.74, 6) is 1.11. The summed E-state index contributed by atoms with van der Waals surface area (Å²) in [5.41, 5.74) is 0.760. The Morgan fingerprint density at radius 2 is 2.11 bits per heavy atom. The van der Waals surface area contributed by atoms with Gasteiger partial charge >= 0.3 is 0 Å². The minimum atomic E-state index is -0.201. The number of methoxy groups -OCH3 is 1. The van der Waals surface area contributed by atoms with E-state index in [1.165, 1.54) is 0 Å². The molecule has 0 atom stereocenters. The van der Waals surface area contributed by atoms with E-state index in [4.69, 9.17) is 16.3 Å². The number of hydrogen-bond acceptors (Lipinski definition) is 3. The zero-order chi connectivity index (χ0) is 13.3. The molecule has 2 rings (SSSR count). The lowest BCUT2D eigenvalue weighted by molar-refractivity contribution is -0.121. The van der Waals surface area contributed by atoms with E-state index in [2.05, 4.69) is 18.7 Å². The number of nitrogens with zero attached hydrogens (tertiary/aromatic N) is 1. The van der Waals surface area contributed by atoms with Crippen molar-refractivity contribution in [1.82, 2.24) is 0 Å². The van der Waals surface area contributed by atoms with E-state index in [0.29, 0.717) is 30.2 Å². The smallest absolute Gasteiger partial charge is 0.142 e. The summed E-state index contributed by atoms with van der Waals surface area (Å²) in [6, 6.07) is 5.58. The maximum Gasteiger partial charge on any atom is 0.142 e. The van der Waals surface area contributed by atoms with Gasteiger partial charge in [-0.2, -0.15) is 0 Å². The van der Waals surface area contributed by atoms with Crippen molar-refractivity contribution in [2.45, 2.75) is 32.2 Å². The minimum absolute atomic E-state index is 0.201. The third-order valence-corrected chi connectivity index (χ3v) is 3.64. The predicted octanol–water partition coefficient (Wildman–Crippen LogP) is 3.30. The van der Waals surface area contributed by atoms with E-state index in [-0.39, 0.29) is 5.54 Å². The van der Waals surface area contributed by atoms with Crippen LogP contribution in [0.3, 0.4) is 0 Å². The zero-order valence-electron chi connectivity index (χ0n) is 11.0. The van der Waals surface area contributed by atoms with Crippen molar-refractivity contribution in [3.8, 4) is 5.75 Å². The quantitative estimate of drug-likeness (QED) is 0.823. The average Bonchev–Trinajstić information content (AvgIpc) is 2.27. The number of carbonyl (C=O) groups is 1. The maximum atomic E-state index is 11.6. The van der Waals surface area contributed by atoms with Crippen LogP contribution in [0.25, 0.3) is 0 Å². The summed E-state index contributed by atoms with van der Waals surface area (Å²) in [6.45, 7) is 4.86. The van der Waals surface area contributed by atoms with Gasteiger partial charge in [0.15, 0.2) is 0 Å². The topological polar surface area (TPSA) is 29.5 Å². The molecule has 0 aliphatic carbocycles. The van der Waals surface area contributed by atoms with Gasteiger partial charge in [-0.05, 0) is 32.0 Å². The van der Waals surface area contributed by atoms with E-state index in [9.17, 15) is 4.79 Å². The van der Waals surface area contributed by atoms with E-state index in [0.717, 1.165) is 11.4 Å². The van der Waals surface area contributed by atoms with Gasteiger partial charge in [-0.3, -0.25) is 4.79 Å². The standard InChI is InChI=1S/C14H18ClNO2/c1-14(2)9-11(17)6-7-16(14)12-8-10(15)4-5-13(12)18-3/h4-5,8H,6-7,9H2,1-3H3. The number of hydrogen-bond donors (Lipinski definition) is 0. The van der Waals surface area contributed by atoms with Gasteiger partial charge in [-0.15, -0.1) is 0 Å². The lowest BCUT2D eigenvalue weighted by Crippen LogP contribution is -2.50. The van der Waals surface area contributed by atoms with Gasteiger partial charge in [0.1, 0.15) is 11.5 Å². The highest BCUT2D eigenvalue weighted by Gasteiger charge is 2.35. The van der Waals surface area contributed by atoms with Crippen LogP contribution in [0.1, 0.15) is 26.7 Å². The molecule has 0 amide bonds. The summed E-state index contributed by atoms with van der Waals surface area (Å²) in [5, 5.41) is 0.679. The number of ether oxygens (including phenoxy) is 1. The van der Waals surface area contributed by atoms with Crippen LogP contribution in [-0.4, -0.2) is 25.0 Å². The van der Waals surface area contributed by atoms with Crippen molar-refractivity contribution in [2.24, 2.45) is 0 Å². The highest BCUT2D eigenvalue weighted by molar-refractivity contribution is 6.31. The first-order valence-electron chi connectivity index (χ1n) is 6.07. The van der Waals surface area contributed by atoms with Crippen molar-refractivity contribution in [2.75, 3.05) is 18.6 Å². The van der Waals surface area contributed by atoms with Crippen LogP contribution in [0.5, 0.6) is 5.75 Å². The molecule has 0 bridgehead atoms. The highest BCUT2D eigenvalue weighted by Crippen LogP contribution is 2.38. The average molecular weight is 268 g/mol. The second-order valence-electron chi connectivity index (χ2n) is 5.25. The summed E-state index contributed by atoms with van der Waals surface area (Å²) >= 11 is 6.07. The predicted molar refractivity (Wildman–Crippen MR) is 73.7 cm³/mol. The fourth-order valence-electron chi connectivity index (χ4n) is 2.53. The van der Waals surface area contributed by atoms with Crippen LogP contribution < -0.4 is 9.64 Å². The number of halogens is 1. The first kappa shape index (κ1) is 13.2. The van der Waals surface area contributed by atoms with Crippen LogP contribution in [0.2, 0.25) is 5.02 Å². The third kappa shape index (κ3) is 2.46. The number of piperidine rings is 1. The lowest BCUT2D eigenvalue weighted by Gasteiger charge is -2.44. The molecule has 1 fully saturated rings. The summed E-state index contributed by atoms with van der Waals surface area (Å²) in [7, 11) is 1.65. The van der Waals surface area contributed by atoms with E-state index < -0.39 is 0 Å². The van der Waals surface area contributed by atoms with E-state index in [1.54, 1.807) is 7.11 Å². The van der Waals surface area contributed by atoms with Crippen molar-refractivity contribution < 1.29 is 9.53 Å². The molecule has 0 N–H and O–H groups in total. The molecule has 3 nitrogen and oxygen atoms in total. The fourth-order valence-corrected chi connectivity index (χ4v) is 2.69. The normalized spacial score (nSPS) is 18.9. The van der Waals surface area contributed by atoms with Gasteiger partial charge in [0.05, 0.1) is 12.8 Å². The Kier molecular flexibility index (Phi) is 3.53. The second-order valence-corrected chi connectivity index (χ2v) is 5.68. The molecule has 0 saturated carbocycles. The number of benzene rings is 1. The van der Waals surface area contributed by atoms with Crippen LogP contribution in [0.4, 0.5) is 5.69 Å². The molecule has 1 aliphatic rings. The molecule has 18 heavy (non-hydrogen) atoms. The Balaban J connectivity index is 2.41. The minimum Gasteiger partial charge on any atom is -0.495 e. The van der Waals surface area contributed by atoms with Gasteiger partial charge < -0.3 is 9.64 Å². The zero-order valence-corrected chi connectivity index (χ0v) is 11.8. The summed E-state index contributed by atoms with van der Waals surface area (Å²) in [4.78, 5) is 13.8. The SMILES string of the molecule is COc1ccc(Cl)cc1N1CCC(=O)CC1(C)C. The van der Waals surface area contributed by atoms with Crippen molar-refractivity contribution in [1.29, 1.82) is 0 Å². The van der Waals surface area contributed by atoms with Gasteiger partial charge in [-0.25, -0.2) is 0 Å². The van der Waals surface area contributed by atoms with E-state index >= 15 is 0 Å². The Labute approximate surface area is 113 Å². The molecular weight excluding hydrogens is 250 g/mol. The number of Topliss-reactive ketones (excluding diaryl/α,β-unsaturated/α-hetero) is 1. The van der Waals surface area contributed by atoms with Crippen LogP contribution in [0, 0.1) is 0 Å². The maximum absolute atomic E-state index is 11.6. The second kappa shape index (κ2) is 4.81. The molecule has 0 unspecified atom stereocenters. The molecule has 98 valence electrons. The Morgan fingerprint density at radius 3 is 2.72 bits per heavy atom. The highest BCUT2D eigenvalue weighted by atomic mass is 35.5. The molecule has 0 spiro atoms. The molecule has 1 heterocycles. The van der Waals surface area contributed by atoms with E-state index in [1.807, 2.05) is 18.2 Å². The Morgan fingerprint density at radius 1 is 1.39 bits per heavy atom. The third-order valence-electron chi connectivity index (χ3n) is 3.41. The number of carbonyl (C=O) groups excluding carboxylic acids is 1. The van der Waals surface area contributed by atoms with Crippen molar-refractivity contribution >= 4 is 23.1 Å². The molecule has 1 aromatic carbocycles. The fraction of sp³-hybridized carbons (Fsp3) is 0.500. The van der Waals surface area contributed by atoms with Crippen LogP contribution in [0.15, 0.2) is 18.2 Å². The number of anilines is 1. The number of rotatable bonds is 2.